The SMILES string of the molecule is C[Si]O[Si](C)(C)C.O=C1OC(=O)c2ccccc21. The Morgan fingerprint density at radius 2 is 1.50 bits per heavy atom. The maximum atomic E-state index is 10.8. The molecule has 6 heteroatoms. The molecule has 1 aliphatic rings. The highest BCUT2D eigenvalue weighted by Gasteiger charge is 2.28. The van der Waals surface area contributed by atoms with E-state index in [0.717, 1.165) is 0 Å². The topological polar surface area (TPSA) is 52.6 Å². The lowest BCUT2D eigenvalue weighted by Crippen LogP contribution is -2.26. The van der Waals surface area contributed by atoms with Crippen LogP contribution in [0.25, 0.3) is 0 Å². The molecule has 0 saturated heterocycles. The van der Waals surface area contributed by atoms with Crippen molar-refractivity contribution < 1.29 is 18.4 Å². The van der Waals surface area contributed by atoms with Crippen LogP contribution in [0.4, 0.5) is 0 Å². The third-order valence-electron chi connectivity index (χ3n) is 1.96. The predicted octanol–water partition coefficient (Wildman–Crippen LogP) is 2.50. The van der Waals surface area contributed by atoms with E-state index in [-0.39, 0.29) is 0 Å². The average molecular weight is 280 g/mol. The summed E-state index contributed by atoms with van der Waals surface area (Å²) in [6.45, 7) is 8.66. The van der Waals surface area contributed by atoms with Crippen molar-refractivity contribution in [2.75, 3.05) is 0 Å². The van der Waals surface area contributed by atoms with E-state index in [1.54, 1.807) is 24.3 Å². The minimum atomic E-state index is -1.14. The van der Waals surface area contributed by atoms with Crippen LogP contribution < -0.4 is 0 Å². The van der Waals surface area contributed by atoms with E-state index in [1.165, 1.54) is 0 Å². The van der Waals surface area contributed by atoms with Gasteiger partial charge in [0.05, 0.1) is 11.1 Å². The number of ether oxygens (including phenoxy) is 1. The van der Waals surface area contributed by atoms with Crippen molar-refractivity contribution in [2.24, 2.45) is 0 Å². The maximum Gasteiger partial charge on any atom is 0.346 e. The number of esters is 2. The van der Waals surface area contributed by atoms with Crippen LogP contribution in [0.15, 0.2) is 24.3 Å². The van der Waals surface area contributed by atoms with Gasteiger partial charge in [-0.05, 0) is 38.3 Å². The van der Waals surface area contributed by atoms with Crippen LogP contribution in [0.5, 0.6) is 0 Å². The number of cyclic esters (lactones) is 2. The standard InChI is InChI=1S/C8H4O3.C4H12OSi2/c9-7-5-3-1-2-4-6(5)8(10)11-7;1-6-5-7(2,3)4/h1-4H;1-4H3. The Kier molecular flexibility index (Phi) is 5.00. The van der Waals surface area contributed by atoms with Crippen molar-refractivity contribution in [1.29, 1.82) is 0 Å². The summed E-state index contributed by atoms with van der Waals surface area (Å²) in [6, 6.07) is 6.53. The predicted molar refractivity (Wildman–Crippen MR) is 72.2 cm³/mol. The minimum Gasteiger partial charge on any atom is -0.456 e. The van der Waals surface area contributed by atoms with E-state index >= 15 is 0 Å². The number of carbonyl (C=O) groups is 2. The van der Waals surface area contributed by atoms with E-state index in [1.807, 2.05) is 0 Å². The summed E-state index contributed by atoms with van der Waals surface area (Å²) in [6.07, 6.45) is 0. The van der Waals surface area contributed by atoms with Crippen molar-refractivity contribution >= 4 is 30.0 Å². The second kappa shape index (κ2) is 6.08. The van der Waals surface area contributed by atoms with Gasteiger partial charge in [-0.25, -0.2) is 9.59 Å². The summed E-state index contributed by atoms with van der Waals surface area (Å²) in [4.78, 5) is 21.7. The number of hydrogen-bond acceptors (Lipinski definition) is 4. The summed E-state index contributed by atoms with van der Waals surface area (Å²) in [7, 11) is -0.474. The van der Waals surface area contributed by atoms with E-state index in [0.29, 0.717) is 20.9 Å². The summed E-state index contributed by atoms with van der Waals surface area (Å²) in [5.41, 5.74) is 0.718. The van der Waals surface area contributed by atoms with Gasteiger partial charge in [-0.15, -0.1) is 0 Å². The van der Waals surface area contributed by atoms with Gasteiger partial charge in [0.1, 0.15) is 0 Å². The molecular formula is C12H16O4Si2. The molecule has 0 atom stereocenters. The Labute approximate surface area is 110 Å². The Bertz CT molecular complexity index is 419. The molecule has 1 aromatic carbocycles. The van der Waals surface area contributed by atoms with Gasteiger partial charge in [0.25, 0.3) is 0 Å². The molecule has 0 aliphatic carbocycles. The molecule has 0 bridgehead atoms. The van der Waals surface area contributed by atoms with Crippen molar-refractivity contribution in [3.8, 4) is 0 Å². The number of hydrogen-bond donors (Lipinski definition) is 0. The molecular weight excluding hydrogens is 264 g/mol. The van der Waals surface area contributed by atoms with E-state index in [4.69, 9.17) is 4.12 Å². The van der Waals surface area contributed by atoms with Gasteiger partial charge in [0, 0.05) is 0 Å². The lowest BCUT2D eigenvalue weighted by molar-refractivity contribution is 0.0444. The van der Waals surface area contributed by atoms with Crippen molar-refractivity contribution in [1.82, 2.24) is 0 Å². The van der Waals surface area contributed by atoms with Crippen molar-refractivity contribution in [2.45, 2.75) is 26.2 Å². The second-order valence-electron chi connectivity index (χ2n) is 4.64. The molecule has 18 heavy (non-hydrogen) atoms. The normalized spacial score (nSPS) is 13.6. The fraction of sp³-hybridized carbons (Fsp3) is 0.333. The fourth-order valence-electron chi connectivity index (χ4n) is 1.34. The van der Waals surface area contributed by atoms with Gasteiger partial charge >= 0.3 is 11.9 Å². The Morgan fingerprint density at radius 3 is 1.78 bits per heavy atom. The number of fused-ring (bicyclic) bond motifs is 1. The van der Waals surface area contributed by atoms with Gasteiger partial charge in [-0.2, -0.15) is 0 Å². The molecule has 0 N–H and O–H groups in total. The second-order valence-corrected chi connectivity index (χ2v) is 10.1. The quantitative estimate of drug-likeness (QED) is 0.474. The highest BCUT2D eigenvalue weighted by Crippen LogP contribution is 2.18. The molecule has 1 aromatic rings. The molecule has 1 aliphatic heterocycles. The Morgan fingerprint density at radius 1 is 1.06 bits per heavy atom. The van der Waals surface area contributed by atoms with Gasteiger partial charge in [-0.1, -0.05) is 12.1 Å². The van der Waals surface area contributed by atoms with E-state index in [2.05, 4.69) is 30.9 Å². The summed E-state index contributed by atoms with van der Waals surface area (Å²) < 4.78 is 9.75. The molecule has 0 fully saturated rings. The minimum absolute atomic E-state index is 0.359. The maximum absolute atomic E-state index is 10.8. The van der Waals surface area contributed by atoms with Crippen LogP contribution in [-0.2, 0) is 8.85 Å². The van der Waals surface area contributed by atoms with Crippen LogP contribution in [-0.4, -0.2) is 30.0 Å². The Balaban J connectivity index is 0.000000203. The van der Waals surface area contributed by atoms with Crippen LogP contribution in [0, 0.1) is 0 Å². The van der Waals surface area contributed by atoms with Gasteiger partial charge in [0.15, 0.2) is 8.32 Å². The lowest BCUT2D eigenvalue weighted by atomic mass is 10.1. The lowest BCUT2D eigenvalue weighted by Gasteiger charge is -2.14. The highest BCUT2D eigenvalue weighted by molar-refractivity contribution is 6.73. The first kappa shape index (κ1) is 14.8. The molecule has 0 amide bonds. The monoisotopic (exact) mass is 280 g/mol. The highest BCUT2D eigenvalue weighted by atomic mass is 28.4. The molecule has 0 aromatic heterocycles. The molecule has 2 radical (unpaired) electrons. The van der Waals surface area contributed by atoms with E-state index in [9.17, 15) is 9.59 Å². The largest absolute Gasteiger partial charge is 0.456 e. The third kappa shape index (κ3) is 4.21. The molecule has 96 valence electrons. The van der Waals surface area contributed by atoms with Crippen molar-refractivity contribution in [3.05, 3.63) is 35.4 Å². The van der Waals surface area contributed by atoms with Crippen LogP contribution in [0.2, 0.25) is 26.2 Å². The zero-order valence-corrected chi connectivity index (χ0v) is 12.9. The van der Waals surface area contributed by atoms with Crippen LogP contribution in [0.3, 0.4) is 0 Å². The number of carbonyl (C=O) groups excluding carboxylic acids is 2. The van der Waals surface area contributed by atoms with Gasteiger partial charge < -0.3 is 8.85 Å². The molecule has 0 saturated carbocycles. The van der Waals surface area contributed by atoms with Crippen LogP contribution >= 0.6 is 0 Å². The molecule has 1 heterocycles. The fourth-order valence-corrected chi connectivity index (χ4v) is 3.79. The summed E-state index contributed by atoms with van der Waals surface area (Å²) in [5, 5.41) is 0. The van der Waals surface area contributed by atoms with Gasteiger partial charge in [-0.3, -0.25) is 0 Å². The molecule has 0 spiro atoms. The smallest absolute Gasteiger partial charge is 0.346 e. The number of rotatable bonds is 2. The van der Waals surface area contributed by atoms with Gasteiger partial charge in [0.2, 0.25) is 9.76 Å². The van der Waals surface area contributed by atoms with Crippen LogP contribution in [0.1, 0.15) is 20.7 Å². The summed E-state index contributed by atoms with van der Waals surface area (Å²) >= 11 is 0. The molecule has 2 rings (SSSR count). The zero-order valence-electron chi connectivity index (χ0n) is 10.9. The first-order valence-corrected chi connectivity index (χ1v) is 10.4. The first-order valence-electron chi connectivity index (χ1n) is 5.55. The average Bonchev–Trinajstić information content (AvgIpc) is 2.55. The molecule has 4 nitrogen and oxygen atoms in total. The number of benzene rings is 1. The molecule has 0 unspecified atom stereocenters. The zero-order chi connectivity index (χ0) is 13.8. The Hall–Kier alpha value is -1.25. The third-order valence-corrected chi connectivity index (χ3v) is 5.23. The first-order chi connectivity index (χ1) is 8.35. The summed E-state index contributed by atoms with van der Waals surface area (Å²) in [5.74, 6) is -1.10. The van der Waals surface area contributed by atoms with E-state index < -0.39 is 20.3 Å². The van der Waals surface area contributed by atoms with Crippen molar-refractivity contribution in [3.63, 3.8) is 0 Å².